The highest BCUT2D eigenvalue weighted by molar-refractivity contribution is 6.17. The Morgan fingerprint density at radius 2 is 1.61 bits per heavy atom. The SMILES string of the molecule is CC1=C[C@H]2N(c3ccc(C)cc31)[C@H](C(=O)C(C)(C)C)[C@H](C(=O)c1ccccc1)[C@]21C(=O)Nc2ccccc21. The molecule has 1 fully saturated rings. The van der Waals surface area contributed by atoms with Gasteiger partial charge >= 0.3 is 0 Å². The number of Topliss-reactive ketones (excluding diaryl/α,β-unsaturated/α-hetero) is 2. The molecule has 0 unspecified atom stereocenters. The van der Waals surface area contributed by atoms with Crippen LogP contribution in [-0.2, 0) is 15.0 Å². The van der Waals surface area contributed by atoms with Gasteiger partial charge in [-0.2, -0.15) is 0 Å². The van der Waals surface area contributed by atoms with Gasteiger partial charge in [0.1, 0.15) is 11.5 Å². The van der Waals surface area contributed by atoms with E-state index in [9.17, 15) is 14.4 Å². The second-order valence-corrected chi connectivity index (χ2v) is 11.9. The lowest BCUT2D eigenvalue weighted by molar-refractivity contribution is -0.128. The Bertz CT molecular complexity index is 1530. The van der Waals surface area contributed by atoms with Crippen molar-refractivity contribution < 1.29 is 14.4 Å². The third-order valence-corrected chi connectivity index (χ3v) is 8.48. The van der Waals surface area contributed by atoms with Crippen molar-refractivity contribution in [3.63, 3.8) is 0 Å². The molecule has 6 rings (SSSR count). The van der Waals surface area contributed by atoms with Gasteiger partial charge in [0.25, 0.3) is 0 Å². The van der Waals surface area contributed by atoms with E-state index in [4.69, 9.17) is 0 Å². The zero-order valence-electron chi connectivity index (χ0n) is 22.4. The summed E-state index contributed by atoms with van der Waals surface area (Å²) in [5.41, 5.74) is 4.06. The predicted octanol–water partition coefficient (Wildman–Crippen LogP) is 5.97. The summed E-state index contributed by atoms with van der Waals surface area (Å²) in [6.07, 6.45) is 2.10. The minimum Gasteiger partial charge on any atom is -0.352 e. The number of hydrogen-bond donors (Lipinski definition) is 1. The number of anilines is 2. The Balaban J connectivity index is 1.71. The number of carbonyl (C=O) groups excluding carboxylic acids is 3. The first-order valence-electron chi connectivity index (χ1n) is 13.2. The number of para-hydroxylation sites is 1. The lowest BCUT2D eigenvalue weighted by Gasteiger charge is -2.40. The van der Waals surface area contributed by atoms with E-state index in [1.165, 1.54) is 0 Å². The van der Waals surface area contributed by atoms with Crippen molar-refractivity contribution in [2.45, 2.75) is 52.1 Å². The summed E-state index contributed by atoms with van der Waals surface area (Å²) >= 11 is 0. The van der Waals surface area contributed by atoms with E-state index >= 15 is 0 Å². The van der Waals surface area contributed by atoms with Crippen LogP contribution in [0, 0.1) is 18.3 Å². The number of rotatable bonds is 3. The van der Waals surface area contributed by atoms with E-state index in [0.717, 1.165) is 28.0 Å². The monoisotopic (exact) mass is 504 g/mol. The van der Waals surface area contributed by atoms with E-state index < -0.39 is 28.8 Å². The summed E-state index contributed by atoms with van der Waals surface area (Å²) in [7, 11) is 0. The summed E-state index contributed by atoms with van der Waals surface area (Å²) < 4.78 is 0. The summed E-state index contributed by atoms with van der Waals surface area (Å²) in [6, 6.07) is 21.6. The van der Waals surface area contributed by atoms with Crippen molar-refractivity contribution in [1.29, 1.82) is 0 Å². The number of amides is 1. The van der Waals surface area contributed by atoms with Crippen LogP contribution in [0.5, 0.6) is 0 Å². The van der Waals surface area contributed by atoms with Crippen LogP contribution in [0.2, 0.25) is 0 Å². The predicted molar refractivity (Wildman–Crippen MR) is 150 cm³/mol. The van der Waals surface area contributed by atoms with E-state index in [1.807, 2.05) is 82.3 Å². The van der Waals surface area contributed by atoms with Crippen LogP contribution in [0.1, 0.15) is 54.7 Å². The third kappa shape index (κ3) is 3.20. The van der Waals surface area contributed by atoms with Crippen molar-refractivity contribution in [2.24, 2.45) is 11.3 Å². The van der Waals surface area contributed by atoms with Gasteiger partial charge in [0, 0.05) is 27.9 Å². The maximum atomic E-state index is 14.6. The van der Waals surface area contributed by atoms with Crippen LogP contribution < -0.4 is 10.2 Å². The second kappa shape index (κ2) is 8.26. The normalized spacial score (nSPS) is 25.4. The van der Waals surface area contributed by atoms with Gasteiger partial charge in [-0.15, -0.1) is 0 Å². The number of aryl methyl sites for hydroxylation is 1. The fraction of sp³-hybridized carbons (Fsp3) is 0.303. The smallest absolute Gasteiger partial charge is 0.238 e. The number of nitrogens with zero attached hydrogens (tertiary/aromatic N) is 1. The van der Waals surface area contributed by atoms with Gasteiger partial charge in [0.05, 0.1) is 12.0 Å². The van der Waals surface area contributed by atoms with Gasteiger partial charge in [-0.3, -0.25) is 14.4 Å². The van der Waals surface area contributed by atoms with E-state index in [0.29, 0.717) is 11.3 Å². The number of benzene rings is 3. The van der Waals surface area contributed by atoms with Crippen LogP contribution in [0.15, 0.2) is 78.9 Å². The Morgan fingerprint density at radius 3 is 2.32 bits per heavy atom. The lowest BCUT2D eigenvalue weighted by Crippen LogP contribution is -2.51. The molecule has 1 N–H and O–H groups in total. The minimum absolute atomic E-state index is 0.0506. The molecule has 192 valence electrons. The highest BCUT2D eigenvalue weighted by Gasteiger charge is 2.71. The highest BCUT2D eigenvalue weighted by Crippen LogP contribution is 2.59. The van der Waals surface area contributed by atoms with Crippen molar-refractivity contribution in [3.8, 4) is 0 Å². The van der Waals surface area contributed by atoms with Gasteiger partial charge in [-0.25, -0.2) is 0 Å². The number of allylic oxidation sites excluding steroid dienone is 1. The lowest BCUT2D eigenvalue weighted by atomic mass is 9.63. The van der Waals surface area contributed by atoms with Gasteiger partial charge in [0.2, 0.25) is 5.91 Å². The van der Waals surface area contributed by atoms with Crippen LogP contribution in [0.25, 0.3) is 5.57 Å². The van der Waals surface area contributed by atoms with Gasteiger partial charge < -0.3 is 10.2 Å². The average molecular weight is 505 g/mol. The number of hydrogen-bond acceptors (Lipinski definition) is 4. The Hall–Kier alpha value is -3.99. The van der Waals surface area contributed by atoms with Crippen LogP contribution in [0.4, 0.5) is 11.4 Å². The molecule has 1 spiro atoms. The van der Waals surface area contributed by atoms with Crippen LogP contribution in [0.3, 0.4) is 0 Å². The molecule has 5 nitrogen and oxygen atoms in total. The molecule has 0 saturated carbocycles. The molecule has 3 aliphatic rings. The Kier molecular flexibility index (Phi) is 5.29. The summed E-state index contributed by atoms with van der Waals surface area (Å²) in [4.78, 5) is 45.5. The number of fused-ring (bicyclic) bond motifs is 6. The summed E-state index contributed by atoms with van der Waals surface area (Å²) in [5, 5.41) is 3.09. The Labute approximate surface area is 223 Å². The van der Waals surface area contributed by atoms with Crippen LogP contribution >= 0.6 is 0 Å². The zero-order chi connectivity index (χ0) is 27.0. The molecule has 3 aromatic rings. The highest BCUT2D eigenvalue weighted by atomic mass is 16.2. The Morgan fingerprint density at radius 1 is 0.921 bits per heavy atom. The van der Waals surface area contributed by atoms with E-state index in [-0.39, 0.29) is 17.5 Å². The molecule has 4 atom stereocenters. The summed E-state index contributed by atoms with van der Waals surface area (Å²) in [6.45, 7) is 9.77. The van der Waals surface area contributed by atoms with Gasteiger partial charge in [-0.1, -0.05) is 87.0 Å². The van der Waals surface area contributed by atoms with E-state index in [2.05, 4.69) is 29.3 Å². The van der Waals surface area contributed by atoms with E-state index in [1.54, 1.807) is 12.1 Å². The standard InChI is InChI=1S/C33H32N2O3/c1-19-15-16-25-22(17-19)20(2)18-26-33(23-13-9-10-14-24(23)34-31(33)38)27(29(36)21-11-7-6-8-12-21)28(35(25)26)30(37)32(3,4)5/h6-18,26-28H,1-5H3,(H,34,38)/t26-,27-,28+,33-/m1/s1. The average Bonchev–Trinajstić information content (AvgIpc) is 3.36. The molecule has 3 aromatic carbocycles. The molecule has 38 heavy (non-hydrogen) atoms. The molecular formula is C33H32N2O3. The molecule has 0 aliphatic carbocycles. The van der Waals surface area contributed by atoms with Crippen LogP contribution in [-0.4, -0.2) is 29.6 Å². The second-order valence-electron chi connectivity index (χ2n) is 11.9. The number of carbonyl (C=O) groups is 3. The van der Waals surface area contributed by atoms with Gasteiger partial charge in [-0.05, 0) is 43.2 Å². The molecule has 0 bridgehead atoms. The fourth-order valence-corrected chi connectivity index (χ4v) is 6.77. The first-order valence-corrected chi connectivity index (χ1v) is 13.2. The molecule has 5 heteroatoms. The van der Waals surface area contributed by atoms with Gasteiger partial charge in [0.15, 0.2) is 11.6 Å². The first kappa shape index (κ1) is 24.4. The molecule has 3 aliphatic heterocycles. The summed E-state index contributed by atoms with van der Waals surface area (Å²) in [5.74, 6) is -1.38. The molecule has 0 radical (unpaired) electrons. The van der Waals surface area contributed by atoms with Crippen molar-refractivity contribution in [1.82, 2.24) is 0 Å². The third-order valence-electron chi connectivity index (χ3n) is 8.48. The maximum Gasteiger partial charge on any atom is 0.238 e. The molecular weight excluding hydrogens is 472 g/mol. The molecule has 3 heterocycles. The fourth-order valence-electron chi connectivity index (χ4n) is 6.77. The zero-order valence-corrected chi connectivity index (χ0v) is 22.4. The maximum absolute atomic E-state index is 14.6. The van der Waals surface area contributed by atoms with Crippen molar-refractivity contribution in [2.75, 3.05) is 10.2 Å². The number of nitrogens with one attached hydrogen (secondary N) is 1. The van der Waals surface area contributed by atoms with Crippen molar-refractivity contribution >= 4 is 34.4 Å². The minimum atomic E-state index is -1.26. The van der Waals surface area contributed by atoms with Crippen molar-refractivity contribution in [3.05, 3.63) is 101 Å². The largest absolute Gasteiger partial charge is 0.352 e. The quantitative estimate of drug-likeness (QED) is 0.446. The number of ketones is 2. The first-order chi connectivity index (χ1) is 18.1. The molecule has 0 aromatic heterocycles. The molecule has 1 saturated heterocycles. The molecule has 1 amide bonds. The topological polar surface area (TPSA) is 66.5 Å².